The van der Waals surface area contributed by atoms with Gasteiger partial charge in [0.15, 0.2) is 0 Å². The second-order valence-corrected chi connectivity index (χ2v) is 8.00. The monoisotopic (exact) mass is 474 g/mol. The van der Waals surface area contributed by atoms with Gasteiger partial charge < -0.3 is 0 Å². The average molecular weight is 477 g/mol. The van der Waals surface area contributed by atoms with Crippen molar-refractivity contribution in [1.82, 2.24) is 4.98 Å². The number of hydrogen-bond donors (Lipinski definition) is 0. The molecule has 136 valence electrons. The molecule has 0 N–H and O–H groups in total. The van der Waals surface area contributed by atoms with E-state index in [1.54, 1.807) is 36.5 Å². The molecule has 0 bridgehead atoms. The highest BCUT2D eigenvalue weighted by Gasteiger charge is 2.17. The van der Waals surface area contributed by atoms with Crippen LogP contribution in [0.1, 0.15) is 5.56 Å². The van der Waals surface area contributed by atoms with Gasteiger partial charge in [-0.15, -0.1) is 0 Å². The first-order valence-electron chi connectivity index (χ1n) is 7.47. The second kappa shape index (κ2) is 8.45. The highest BCUT2D eigenvalue weighted by Crippen LogP contribution is 2.40. The first-order chi connectivity index (χ1) is 12.8. The standard InChI is InChI=1S/C19H8Cl6N2/c20-10-4-12(18(24)15(22)6-10)14-8-27-17(3-9(14)1-2-26)13-5-11(21)7-16(23)19(13)25/h3-8H,1H2. The number of benzene rings is 2. The molecule has 1 heterocycles. The fraction of sp³-hybridized carbons (Fsp3) is 0.0526. The summed E-state index contributed by atoms with van der Waals surface area (Å²) in [4.78, 5) is 4.46. The first kappa shape index (κ1) is 20.6. The molecule has 0 unspecified atom stereocenters. The van der Waals surface area contributed by atoms with Crippen LogP contribution in [0.3, 0.4) is 0 Å². The minimum atomic E-state index is 0.122. The van der Waals surface area contributed by atoms with Crippen LogP contribution in [0.4, 0.5) is 0 Å². The van der Waals surface area contributed by atoms with E-state index in [-0.39, 0.29) is 6.42 Å². The van der Waals surface area contributed by atoms with Crippen molar-refractivity contribution in [2.75, 3.05) is 0 Å². The number of nitrogens with zero attached hydrogens (tertiary/aromatic N) is 2. The Bertz CT molecular complexity index is 1090. The van der Waals surface area contributed by atoms with Crippen LogP contribution in [-0.2, 0) is 6.42 Å². The van der Waals surface area contributed by atoms with Gasteiger partial charge in [0, 0.05) is 32.9 Å². The molecule has 0 atom stereocenters. The third-order valence-electron chi connectivity index (χ3n) is 3.81. The fourth-order valence-electron chi connectivity index (χ4n) is 2.61. The summed E-state index contributed by atoms with van der Waals surface area (Å²) in [5.74, 6) is 0. The van der Waals surface area contributed by atoms with E-state index in [9.17, 15) is 5.26 Å². The lowest BCUT2D eigenvalue weighted by Gasteiger charge is -2.13. The van der Waals surface area contributed by atoms with E-state index < -0.39 is 0 Å². The zero-order chi connectivity index (χ0) is 19.7. The average Bonchev–Trinajstić information content (AvgIpc) is 2.61. The fourth-order valence-corrected chi connectivity index (χ4v) is 4.02. The molecule has 0 fully saturated rings. The van der Waals surface area contributed by atoms with Gasteiger partial charge in [0.25, 0.3) is 0 Å². The molecule has 0 aliphatic rings. The van der Waals surface area contributed by atoms with E-state index in [0.29, 0.717) is 58.1 Å². The van der Waals surface area contributed by atoms with Gasteiger partial charge in [-0.2, -0.15) is 5.26 Å². The van der Waals surface area contributed by atoms with Crippen LogP contribution in [0.25, 0.3) is 22.4 Å². The molecule has 0 saturated carbocycles. The van der Waals surface area contributed by atoms with Crippen LogP contribution in [0.15, 0.2) is 36.5 Å². The molecule has 2 aromatic carbocycles. The van der Waals surface area contributed by atoms with Crippen molar-refractivity contribution in [1.29, 1.82) is 5.26 Å². The van der Waals surface area contributed by atoms with Crippen LogP contribution < -0.4 is 0 Å². The summed E-state index contributed by atoms with van der Waals surface area (Å²) < 4.78 is 0. The molecule has 0 radical (unpaired) electrons. The van der Waals surface area contributed by atoms with Crippen molar-refractivity contribution in [3.05, 3.63) is 72.2 Å². The third-order valence-corrected chi connectivity index (χ3v) is 5.85. The lowest BCUT2D eigenvalue weighted by atomic mass is 9.98. The lowest BCUT2D eigenvalue weighted by molar-refractivity contribution is 1.22. The Labute approximate surface area is 186 Å². The molecular weight excluding hydrogens is 469 g/mol. The summed E-state index contributed by atoms with van der Waals surface area (Å²) in [7, 11) is 0. The minimum Gasteiger partial charge on any atom is -0.256 e. The molecule has 0 aliphatic heterocycles. The van der Waals surface area contributed by atoms with E-state index in [0.717, 1.165) is 0 Å². The van der Waals surface area contributed by atoms with E-state index in [1.807, 2.05) is 0 Å². The van der Waals surface area contributed by atoms with Crippen molar-refractivity contribution in [3.8, 4) is 28.5 Å². The third kappa shape index (κ3) is 4.30. The Balaban J connectivity index is 2.23. The molecule has 0 spiro atoms. The predicted molar refractivity (Wildman–Crippen MR) is 114 cm³/mol. The number of nitriles is 1. The Morgan fingerprint density at radius 2 is 1.30 bits per heavy atom. The summed E-state index contributed by atoms with van der Waals surface area (Å²) in [6.07, 6.45) is 1.72. The van der Waals surface area contributed by atoms with Crippen molar-refractivity contribution < 1.29 is 0 Å². The van der Waals surface area contributed by atoms with Crippen molar-refractivity contribution in [2.24, 2.45) is 0 Å². The van der Waals surface area contributed by atoms with Crippen LogP contribution in [0, 0.1) is 11.3 Å². The second-order valence-electron chi connectivity index (χ2n) is 5.56. The van der Waals surface area contributed by atoms with Crippen molar-refractivity contribution in [2.45, 2.75) is 6.42 Å². The largest absolute Gasteiger partial charge is 0.256 e. The van der Waals surface area contributed by atoms with Gasteiger partial charge in [-0.25, -0.2) is 0 Å². The maximum atomic E-state index is 9.25. The summed E-state index contributed by atoms with van der Waals surface area (Å²) in [6, 6.07) is 10.3. The van der Waals surface area contributed by atoms with Gasteiger partial charge in [-0.1, -0.05) is 69.6 Å². The van der Waals surface area contributed by atoms with E-state index in [1.165, 1.54) is 0 Å². The molecule has 0 aliphatic carbocycles. The van der Waals surface area contributed by atoms with Gasteiger partial charge in [-0.3, -0.25) is 4.98 Å². The van der Waals surface area contributed by atoms with Crippen LogP contribution >= 0.6 is 69.6 Å². The topological polar surface area (TPSA) is 36.7 Å². The number of rotatable bonds is 3. The van der Waals surface area contributed by atoms with Crippen LogP contribution in [0.2, 0.25) is 30.1 Å². The van der Waals surface area contributed by atoms with Gasteiger partial charge in [-0.05, 0) is 35.9 Å². The number of pyridine rings is 1. The number of hydrogen-bond acceptors (Lipinski definition) is 2. The summed E-state index contributed by atoms with van der Waals surface area (Å²) >= 11 is 37.1. The highest BCUT2D eigenvalue weighted by molar-refractivity contribution is 6.45. The quantitative estimate of drug-likeness (QED) is 0.356. The Morgan fingerprint density at radius 3 is 1.89 bits per heavy atom. The van der Waals surface area contributed by atoms with Gasteiger partial charge >= 0.3 is 0 Å². The Kier molecular flexibility index (Phi) is 6.43. The van der Waals surface area contributed by atoms with E-state index in [2.05, 4.69) is 11.1 Å². The van der Waals surface area contributed by atoms with Crippen molar-refractivity contribution in [3.63, 3.8) is 0 Å². The normalized spacial score (nSPS) is 10.7. The highest BCUT2D eigenvalue weighted by atomic mass is 35.5. The molecular formula is C19H8Cl6N2. The van der Waals surface area contributed by atoms with Gasteiger partial charge in [0.1, 0.15) is 0 Å². The smallest absolute Gasteiger partial charge is 0.0721 e. The zero-order valence-electron chi connectivity index (χ0n) is 13.3. The Morgan fingerprint density at radius 1 is 0.741 bits per heavy atom. The molecule has 3 aromatic rings. The predicted octanol–water partition coefficient (Wildman–Crippen LogP) is 8.40. The molecule has 8 heteroatoms. The summed E-state index contributed by atoms with van der Waals surface area (Å²) in [5.41, 5.74) is 3.03. The maximum Gasteiger partial charge on any atom is 0.0721 e. The van der Waals surface area contributed by atoms with Crippen LogP contribution in [0.5, 0.6) is 0 Å². The molecule has 27 heavy (non-hydrogen) atoms. The minimum absolute atomic E-state index is 0.122. The molecule has 0 amide bonds. The SMILES string of the molecule is N#CCc1cc(-c2cc(Cl)cc(Cl)c2Cl)ncc1-c1cc(Cl)cc(Cl)c1Cl. The number of halogens is 6. The lowest BCUT2D eigenvalue weighted by Crippen LogP contribution is -1.95. The Hall–Kier alpha value is -1.18. The van der Waals surface area contributed by atoms with E-state index >= 15 is 0 Å². The molecule has 3 rings (SSSR count). The number of aromatic nitrogens is 1. The molecule has 0 saturated heterocycles. The van der Waals surface area contributed by atoms with Crippen LogP contribution in [-0.4, -0.2) is 4.98 Å². The van der Waals surface area contributed by atoms with E-state index in [4.69, 9.17) is 69.6 Å². The maximum absolute atomic E-state index is 9.25. The summed E-state index contributed by atoms with van der Waals surface area (Å²) in [5, 5.41) is 11.4. The van der Waals surface area contributed by atoms with Crippen molar-refractivity contribution >= 4 is 69.6 Å². The molecule has 1 aromatic heterocycles. The summed E-state index contributed by atoms with van der Waals surface area (Å²) in [6.45, 7) is 0. The first-order valence-corrected chi connectivity index (χ1v) is 9.74. The molecule has 2 nitrogen and oxygen atoms in total. The zero-order valence-corrected chi connectivity index (χ0v) is 17.9. The van der Waals surface area contributed by atoms with Gasteiger partial charge in [0.2, 0.25) is 0 Å². The van der Waals surface area contributed by atoms with Gasteiger partial charge in [0.05, 0.1) is 38.3 Å².